The summed E-state index contributed by atoms with van der Waals surface area (Å²) in [7, 11) is 0. The van der Waals surface area contributed by atoms with Gasteiger partial charge in [-0.2, -0.15) is 0 Å². The summed E-state index contributed by atoms with van der Waals surface area (Å²) in [6, 6.07) is 12.0. The van der Waals surface area contributed by atoms with Crippen LogP contribution >= 0.6 is 11.3 Å². The highest BCUT2D eigenvalue weighted by molar-refractivity contribution is 7.10. The van der Waals surface area contributed by atoms with Crippen LogP contribution < -0.4 is 15.5 Å². The minimum absolute atomic E-state index is 0.317. The Hall–Kier alpha value is -3.37. The number of rotatable bonds is 5. The molecule has 1 fully saturated rings. The van der Waals surface area contributed by atoms with Gasteiger partial charge in [0.2, 0.25) is 0 Å². The van der Waals surface area contributed by atoms with Crippen LogP contribution in [0.2, 0.25) is 0 Å². The highest BCUT2D eigenvalue weighted by Gasteiger charge is 2.13. The number of carbonyl (C=O) groups is 1. The molecular weight excluding hydrogens is 382 g/mol. The molecule has 146 valence electrons. The average molecular weight is 404 g/mol. The number of aromatic nitrogens is 2. The van der Waals surface area contributed by atoms with E-state index >= 15 is 0 Å². The van der Waals surface area contributed by atoms with Crippen LogP contribution in [0.5, 0.6) is 0 Å². The Morgan fingerprint density at radius 2 is 2.00 bits per heavy atom. The fourth-order valence-corrected chi connectivity index (χ4v) is 3.84. The fourth-order valence-electron chi connectivity index (χ4n) is 3.28. The van der Waals surface area contributed by atoms with Gasteiger partial charge in [-0.05, 0) is 36.5 Å². The molecule has 0 aliphatic carbocycles. The lowest BCUT2D eigenvalue weighted by molar-refractivity contribution is 0.251. The zero-order valence-electron chi connectivity index (χ0n) is 15.9. The van der Waals surface area contributed by atoms with Crippen molar-refractivity contribution in [1.29, 1.82) is 0 Å². The van der Waals surface area contributed by atoms with Crippen molar-refractivity contribution in [2.45, 2.75) is 19.4 Å². The van der Waals surface area contributed by atoms with Crippen LogP contribution in [0.25, 0.3) is 11.3 Å². The molecule has 1 aliphatic heterocycles. The maximum absolute atomic E-state index is 12.0. The van der Waals surface area contributed by atoms with Gasteiger partial charge in [-0.15, -0.1) is 17.8 Å². The summed E-state index contributed by atoms with van der Waals surface area (Å²) < 4.78 is 0. The summed E-state index contributed by atoms with van der Waals surface area (Å²) in [6.07, 6.45) is 9.65. The number of thiazole rings is 1. The zero-order valence-corrected chi connectivity index (χ0v) is 16.7. The quantitative estimate of drug-likeness (QED) is 0.629. The molecule has 7 heteroatoms. The number of hydrogen-bond donors (Lipinski definition) is 2. The molecule has 0 saturated carbocycles. The highest BCUT2D eigenvalue weighted by atomic mass is 32.1. The Labute approximate surface area is 174 Å². The van der Waals surface area contributed by atoms with Crippen molar-refractivity contribution in [2.75, 3.05) is 23.3 Å². The van der Waals surface area contributed by atoms with E-state index in [1.165, 1.54) is 29.9 Å². The number of hydrogen-bond acceptors (Lipinski definition) is 5. The van der Waals surface area contributed by atoms with Gasteiger partial charge in [0.05, 0.1) is 5.69 Å². The first kappa shape index (κ1) is 19.0. The second-order valence-corrected chi connectivity index (χ2v) is 7.64. The number of amides is 2. The van der Waals surface area contributed by atoms with Crippen molar-refractivity contribution in [3.05, 3.63) is 58.5 Å². The molecule has 3 aromatic rings. The molecule has 1 aliphatic rings. The molecule has 0 unspecified atom stereocenters. The second-order valence-electron chi connectivity index (χ2n) is 6.78. The Bertz CT molecular complexity index is 1030. The molecule has 3 heterocycles. The highest BCUT2D eigenvalue weighted by Crippen LogP contribution is 2.25. The Morgan fingerprint density at radius 3 is 2.72 bits per heavy atom. The van der Waals surface area contributed by atoms with E-state index in [-0.39, 0.29) is 6.03 Å². The molecule has 2 N–H and O–H groups in total. The largest absolute Gasteiger partial charge is 0.371 e. The third-order valence-electron chi connectivity index (χ3n) is 4.79. The summed E-state index contributed by atoms with van der Waals surface area (Å²) >= 11 is 1.32. The summed E-state index contributed by atoms with van der Waals surface area (Å²) in [4.78, 5) is 23.0. The average Bonchev–Trinajstić information content (AvgIpc) is 3.45. The molecule has 2 aromatic heterocycles. The van der Waals surface area contributed by atoms with Crippen LogP contribution in [-0.2, 0) is 6.54 Å². The minimum Gasteiger partial charge on any atom is -0.371 e. The number of pyridine rings is 1. The van der Waals surface area contributed by atoms with E-state index in [1.54, 1.807) is 5.38 Å². The van der Waals surface area contributed by atoms with Gasteiger partial charge in [0.1, 0.15) is 5.82 Å². The van der Waals surface area contributed by atoms with Gasteiger partial charge < -0.3 is 10.2 Å². The fraction of sp³-hybridized carbons (Fsp3) is 0.227. The van der Waals surface area contributed by atoms with Crippen LogP contribution in [0.4, 0.5) is 16.3 Å². The lowest BCUT2D eigenvalue weighted by Gasteiger charge is -2.18. The topological polar surface area (TPSA) is 70.2 Å². The van der Waals surface area contributed by atoms with Crippen LogP contribution in [0.15, 0.2) is 48.0 Å². The number of benzene rings is 1. The van der Waals surface area contributed by atoms with Crippen molar-refractivity contribution in [3.63, 3.8) is 0 Å². The summed E-state index contributed by atoms with van der Waals surface area (Å²) in [5.41, 5.74) is 4.25. The third-order valence-corrected chi connectivity index (χ3v) is 5.56. The number of anilines is 2. The summed E-state index contributed by atoms with van der Waals surface area (Å²) in [6.45, 7) is 2.64. The van der Waals surface area contributed by atoms with E-state index in [9.17, 15) is 4.79 Å². The number of nitrogens with zero attached hydrogens (tertiary/aromatic N) is 3. The molecular formula is C22H21N5OS. The monoisotopic (exact) mass is 403 g/mol. The van der Waals surface area contributed by atoms with Gasteiger partial charge in [-0.3, -0.25) is 10.3 Å². The molecule has 4 rings (SSSR count). The number of terminal acetylenes is 1. The van der Waals surface area contributed by atoms with Crippen molar-refractivity contribution in [2.24, 2.45) is 0 Å². The van der Waals surface area contributed by atoms with E-state index in [4.69, 9.17) is 6.42 Å². The van der Waals surface area contributed by atoms with Crippen molar-refractivity contribution >= 4 is 28.9 Å². The summed E-state index contributed by atoms with van der Waals surface area (Å²) in [5.74, 6) is 2.90. The van der Waals surface area contributed by atoms with E-state index < -0.39 is 0 Å². The number of nitrogens with one attached hydrogen (secondary N) is 2. The van der Waals surface area contributed by atoms with Gasteiger partial charge in [-0.1, -0.05) is 24.3 Å². The van der Waals surface area contributed by atoms with E-state index in [0.717, 1.165) is 29.9 Å². The van der Waals surface area contributed by atoms with Gasteiger partial charge in [0.15, 0.2) is 5.01 Å². The smallest absolute Gasteiger partial charge is 0.320 e. The predicted octanol–water partition coefficient (Wildman–Crippen LogP) is 4.11. The molecule has 1 aromatic carbocycles. The first-order chi connectivity index (χ1) is 14.2. The maximum atomic E-state index is 12.0. The molecule has 0 radical (unpaired) electrons. The zero-order chi connectivity index (χ0) is 20.1. The third kappa shape index (κ3) is 4.73. The van der Waals surface area contributed by atoms with Crippen molar-refractivity contribution < 1.29 is 4.79 Å². The minimum atomic E-state index is -0.317. The number of urea groups is 1. The Morgan fingerprint density at radius 1 is 1.21 bits per heavy atom. The molecule has 29 heavy (non-hydrogen) atoms. The van der Waals surface area contributed by atoms with E-state index in [1.807, 2.05) is 30.5 Å². The predicted molar refractivity (Wildman–Crippen MR) is 117 cm³/mol. The number of carbonyl (C=O) groups excluding carboxylic acids is 1. The SMILES string of the molecule is C#Cc1nc(NC(=O)NCc2ccc(-c3cc(N4CCCC4)ccn3)cc2)cs1. The van der Waals surface area contributed by atoms with Crippen LogP contribution in [-0.4, -0.2) is 29.1 Å². The van der Waals surface area contributed by atoms with Gasteiger partial charge in [-0.25, -0.2) is 9.78 Å². The van der Waals surface area contributed by atoms with Crippen molar-refractivity contribution in [1.82, 2.24) is 15.3 Å². The standard InChI is InChI=1S/C22H21N5OS/c1-2-21-25-20(15-29-21)26-22(28)24-14-16-5-7-17(8-6-16)19-13-18(9-10-23-19)27-11-3-4-12-27/h1,5-10,13,15H,3-4,11-12,14H2,(H2,24,26,28). The Kier molecular flexibility index (Phi) is 5.73. The molecule has 6 nitrogen and oxygen atoms in total. The maximum Gasteiger partial charge on any atom is 0.320 e. The molecule has 0 spiro atoms. The Balaban J connectivity index is 1.35. The molecule has 0 atom stereocenters. The van der Waals surface area contributed by atoms with Crippen molar-refractivity contribution in [3.8, 4) is 23.6 Å². The second kappa shape index (κ2) is 8.76. The van der Waals surface area contributed by atoms with Crippen LogP contribution in [0.3, 0.4) is 0 Å². The first-order valence-electron chi connectivity index (χ1n) is 9.48. The normalized spacial score (nSPS) is 13.1. The van der Waals surface area contributed by atoms with Gasteiger partial charge >= 0.3 is 6.03 Å². The summed E-state index contributed by atoms with van der Waals surface area (Å²) in [5, 5.41) is 7.75. The van der Waals surface area contributed by atoms with E-state index in [0.29, 0.717) is 17.4 Å². The van der Waals surface area contributed by atoms with Gasteiger partial charge in [0, 0.05) is 42.5 Å². The first-order valence-corrected chi connectivity index (χ1v) is 10.4. The molecule has 1 saturated heterocycles. The molecule has 2 amide bonds. The van der Waals surface area contributed by atoms with Crippen LogP contribution in [0, 0.1) is 12.3 Å². The van der Waals surface area contributed by atoms with Gasteiger partial charge in [0.25, 0.3) is 0 Å². The van der Waals surface area contributed by atoms with E-state index in [2.05, 4.69) is 43.6 Å². The molecule has 0 bridgehead atoms. The lowest BCUT2D eigenvalue weighted by Crippen LogP contribution is -2.28. The lowest BCUT2D eigenvalue weighted by atomic mass is 10.1. The van der Waals surface area contributed by atoms with Crippen LogP contribution in [0.1, 0.15) is 23.4 Å².